The van der Waals surface area contributed by atoms with Crippen molar-refractivity contribution in [3.8, 4) is 11.3 Å². The molecule has 0 spiro atoms. The molecule has 0 saturated carbocycles. The van der Waals surface area contributed by atoms with Crippen molar-refractivity contribution in [1.82, 2.24) is 0 Å². The van der Waals surface area contributed by atoms with E-state index < -0.39 is 13.3 Å². The standard InChI is InChI=1S/C28H27FGeNO/c1-17-11-12-19-20-13-14-22(29)26(21-16-30(2,3)23-9-7-8-18(21)23)28(20)32-27(19)25(17)24-10-5-6-15-31(24)4/h5-6,10-16H,7-9H2,1-4H3/q+1. The van der Waals surface area contributed by atoms with Crippen LogP contribution in [-0.4, -0.2) is 13.3 Å². The molecule has 2 aromatic heterocycles. The van der Waals surface area contributed by atoms with Gasteiger partial charge < -0.3 is 0 Å². The third kappa shape index (κ3) is 2.73. The number of hydrogen-bond donors (Lipinski definition) is 0. The van der Waals surface area contributed by atoms with E-state index in [0.29, 0.717) is 11.1 Å². The maximum absolute atomic E-state index is 15.5. The first-order valence-corrected chi connectivity index (χ1v) is 17.9. The number of allylic oxidation sites excluding steroid dienone is 3. The summed E-state index contributed by atoms with van der Waals surface area (Å²) in [5.74, 6) is 4.69. The molecule has 1 aliphatic carbocycles. The van der Waals surface area contributed by atoms with Crippen molar-refractivity contribution in [2.75, 3.05) is 0 Å². The summed E-state index contributed by atoms with van der Waals surface area (Å²) in [4.78, 5) is 2.44. The van der Waals surface area contributed by atoms with E-state index in [1.54, 1.807) is 10.5 Å². The number of nitrogens with zero attached hydrogens (tertiary/aromatic N) is 1. The fraction of sp³-hybridized carbons (Fsp3) is 0.250. The molecule has 160 valence electrons. The van der Waals surface area contributed by atoms with Gasteiger partial charge in [0.05, 0.1) is 0 Å². The average molecular weight is 485 g/mol. The van der Waals surface area contributed by atoms with E-state index >= 15 is 4.39 Å². The van der Waals surface area contributed by atoms with Gasteiger partial charge in [0.2, 0.25) is 0 Å². The third-order valence-corrected chi connectivity index (χ3v) is 13.9. The van der Waals surface area contributed by atoms with Crippen LogP contribution in [0.3, 0.4) is 0 Å². The molecule has 0 saturated heterocycles. The molecule has 0 atom stereocenters. The van der Waals surface area contributed by atoms with Gasteiger partial charge in [0.1, 0.15) is 0 Å². The van der Waals surface area contributed by atoms with Crippen LogP contribution >= 0.6 is 0 Å². The van der Waals surface area contributed by atoms with Gasteiger partial charge in [-0.2, -0.15) is 0 Å². The zero-order valence-corrected chi connectivity index (χ0v) is 21.1. The Balaban J connectivity index is 1.69. The molecule has 0 unspecified atom stereocenters. The molecule has 4 heteroatoms. The molecule has 3 heterocycles. The Kier molecular flexibility index (Phi) is 4.32. The molecule has 1 aliphatic heterocycles. The van der Waals surface area contributed by atoms with Gasteiger partial charge in [-0.15, -0.1) is 0 Å². The summed E-state index contributed by atoms with van der Waals surface area (Å²) >= 11 is -2.20. The second-order valence-corrected chi connectivity index (χ2v) is 18.9. The average Bonchev–Trinajstić information content (AvgIpc) is 3.43. The zero-order valence-electron chi connectivity index (χ0n) is 19.1. The van der Waals surface area contributed by atoms with E-state index in [4.69, 9.17) is 4.42 Å². The molecule has 0 N–H and O–H groups in total. The van der Waals surface area contributed by atoms with E-state index in [0.717, 1.165) is 45.2 Å². The van der Waals surface area contributed by atoms with Crippen molar-refractivity contribution in [1.29, 1.82) is 0 Å². The summed E-state index contributed by atoms with van der Waals surface area (Å²) in [7, 11) is 2.05. The number of pyridine rings is 1. The van der Waals surface area contributed by atoms with Crippen molar-refractivity contribution in [2.24, 2.45) is 7.05 Å². The molecule has 0 radical (unpaired) electrons. The number of aromatic nitrogens is 1. The van der Waals surface area contributed by atoms with Gasteiger partial charge in [-0.1, -0.05) is 0 Å². The monoisotopic (exact) mass is 486 g/mol. The van der Waals surface area contributed by atoms with Crippen LogP contribution in [0, 0.1) is 12.7 Å². The number of aryl methyl sites for hydroxylation is 2. The van der Waals surface area contributed by atoms with E-state index in [1.165, 1.54) is 18.4 Å². The summed E-state index contributed by atoms with van der Waals surface area (Å²) in [5, 5.41) is 2.04. The van der Waals surface area contributed by atoms with Crippen LogP contribution in [0.2, 0.25) is 11.5 Å². The number of hydrogen-bond acceptors (Lipinski definition) is 1. The van der Waals surface area contributed by atoms with Crippen molar-refractivity contribution >= 4 is 40.8 Å². The van der Waals surface area contributed by atoms with Gasteiger partial charge in [-0.05, 0) is 0 Å². The number of halogens is 1. The molecule has 0 amide bonds. The quantitative estimate of drug-likeness (QED) is 0.217. The molecule has 2 nitrogen and oxygen atoms in total. The van der Waals surface area contributed by atoms with Gasteiger partial charge in [0.15, 0.2) is 0 Å². The fourth-order valence-corrected chi connectivity index (χ4v) is 12.3. The Morgan fingerprint density at radius 3 is 2.47 bits per heavy atom. The maximum atomic E-state index is 15.5. The van der Waals surface area contributed by atoms with Crippen molar-refractivity contribution in [3.05, 3.63) is 80.5 Å². The molecular weight excluding hydrogens is 458 g/mol. The number of benzene rings is 2. The van der Waals surface area contributed by atoms with Crippen LogP contribution in [-0.2, 0) is 7.05 Å². The summed E-state index contributed by atoms with van der Waals surface area (Å²) in [5.41, 5.74) is 8.05. The molecular formula is C28H27FGeNO+. The molecule has 6 rings (SSSR count). The second kappa shape index (κ2) is 6.92. The summed E-state index contributed by atoms with van der Waals surface area (Å²) in [6.45, 7) is 2.11. The Labute approximate surface area is 190 Å². The van der Waals surface area contributed by atoms with E-state index in [-0.39, 0.29) is 5.82 Å². The van der Waals surface area contributed by atoms with Crippen molar-refractivity contribution < 1.29 is 13.4 Å². The predicted molar refractivity (Wildman–Crippen MR) is 131 cm³/mol. The van der Waals surface area contributed by atoms with Crippen LogP contribution in [0.25, 0.3) is 38.8 Å². The zero-order chi connectivity index (χ0) is 22.2. The molecule has 2 aromatic carbocycles. The Morgan fingerprint density at radius 2 is 1.69 bits per heavy atom. The van der Waals surface area contributed by atoms with Gasteiger partial charge in [0, 0.05) is 0 Å². The van der Waals surface area contributed by atoms with Gasteiger partial charge >= 0.3 is 191 Å². The molecule has 0 fully saturated rings. The van der Waals surface area contributed by atoms with Gasteiger partial charge in [-0.25, -0.2) is 0 Å². The van der Waals surface area contributed by atoms with E-state index in [9.17, 15) is 0 Å². The first kappa shape index (κ1) is 20.0. The topological polar surface area (TPSA) is 17.0 Å². The summed E-state index contributed by atoms with van der Waals surface area (Å²) in [6.07, 6.45) is 5.50. The van der Waals surface area contributed by atoms with Crippen molar-refractivity contribution in [2.45, 2.75) is 37.7 Å². The van der Waals surface area contributed by atoms with Crippen LogP contribution in [0.5, 0.6) is 0 Å². The van der Waals surface area contributed by atoms with E-state index in [1.807, 2.05) is 31.4 Å². The van der Waals surface area contributed by atoms with Crippen LogP contribution in [0.4, 0.5) is 4.39 Å². The second-order valence-electron chi connectivity index (χ2n) is 9.82. The number of furan rings is 1. The molecule has 4 aromatic rings. The number of fused-ring (bicyclic) bond motifs is 3. The predicted octanol–water partition coefficient (Wildman–Crippen LogP) is 7.19. The normalized spacial score (nSPS) is 17.5. The Bertz CT molecular complexity index is 1510. The SMILES string of the molecule is Cc1ccc2c(oc3c(C4=[CH][Ge]([CH3])([CH3])[C]5=C4CCC5)c(F)ccc32)c1-c1cccc[n+]1C. The third-order valence-electron chi connectivity index (χ3n) is 7.37. The minimum atomic E-state index is -2.20. The molecule has 32 heavy (non-hydrogen) atoms. The van der Waals surface area contributed by atoms with Crippen LogP contribution in [0.1, 0.15) is 30.4 Å². The first-order chi connectivity index (χ1) is 15.4. The Hall–Kier alpha value is -2.66. The van der Waals surface area contributed by atoms with Crippen LogP contribution < -0.4 is 4.57 Å². The fourth-order valence-electron chi connectivity index (χ4n) is 5.84. The summed E-state index contributed by atoms with van der Waals surface area (Å²) < 4.78 is 25.9. The van der Waals surface area contributed by atoms with Crippen LogP contribution in [0.15, 0.2) is 68.0 Å². The molecule has 0 bridgehead atoms. The van der Waals surface area contributed by atoms with Gasteiger partial charge in [0.25, 0.3) is 0 Å². The first-order valence-electron chi connectivity index (χ1n) is 11.4. The molecule has 2 aliphatic rings. The van der Waals surface area contributed by atoms with Crippen molar-refractivity contribution in [3.63, 3.8) is 0 Å². The van der Waals surface area contributed by atoms with E-state index in [2.05, 4.69) is 46.1 Å². The summed E-state index contributed by atoms with van der Waals surface area (Å²) in [6, 6.07) is 14.0. The van der Waals surface area contributed by atoms with Gasteiger partial charge in [-0.3, -0.25) is 0 Å². The Morgan fingerprint density at radius 1 is 0.938 bits per heavy atom. The number of rotatable bonds is 2. The minimum absolute atomic E-state index is 0.176.